The molecule has 1 saturated heterocycles. The van der Waals surface area contributed by atoms with Crippen molar-refractivity contribution in [1.29, 1.82) is 0 Å². The van der Waals surface area contributed by atoms with E-state index in [0.29, 0.717) is 12.0 Å². The van der Waals surface area contributed by atoms with Gasteiger partial charge in [-0.25, -0.2) is 8.42 Å². The van der Waals surface area contributed by atoms with Gasteiger partial charge >= 0.3 is 0 Å². The number of carbonyl (C=O) groups is 1. The Kier molecular flexibility index (Phi) is 4.16. The predicted molar refractivity (Wildman–Crippen MR) is 82.1 cm³/mol. The van der Waals surface area contributed by atoms with E-state index in [-0.39, 0.29) is 17.4 Å². The van der Waals surface area contributed by atoms with Crippen LogP contribution in [-0.2, 0) is 9.84 Å². The molecule has 1 atom stereocenters. The summed E-state index contributed by atoms with van der Waals surface area (Å²) in [6.45, 7) is 3.68. The molecule has 1 fully saturated rings. The largest absolute Gasteiger partial charge is 0.346 e. The summed E-state index contributed by atoms with van der Waals surface area (Å²) in [4.78, 5) is 13.4. The number of nitrogens with one attached hydrogen (secondary N) is 1. The summed E-state index contributed by atoms with van der Waals surface area (Å²) < 4.78 is 23.2. The van der Waals surface area contributed by atoms with Crippen molar-refractivity contribution in [2.24, 2.45) is 0 Å². The van der Waals surface area contributed by atoms with Crippen LogP contribution in [0.5, 0.6) is 0 Å². The molecule has 1 aromatic rings. The van der Waals surface area contributed by atoms with Gasteiger partial charge in [-0.3, -0.25) is 4.79 Å². The number of rotatable bonds is 3. The highest BCUT2D eigenvalue weighted by Gasteiger charge is 2.39. The van der Waals surface area contributed by atoms with Crippen molar-refractivity contribution in [3.8, 4) is 0 Å². The van der Waals surface area contributed by atoms with Gasteiger partial charge in [0.1, 0.15) is 0 Å². The number of sulfone groups is 1. The van der Waals surface area contributed by atoms with E-state index >= 15 is 0 Å². The minimum absolute atomic E-state index is 0.0208. The van der Waals surface area contributed by atoms with Crippen LogP contribution in [0.3, 0.4) is 0 Å². The number of carbonyl (C=O) groups excluding carboxylic acids is 1. The van der Waals surface area contributed by atoms with E-state index in [0.717, 1.165) is 10.5 Å². The molecule has 2 rings (SSSR count). The van der Waals surface area contributed by atoms with Crippen molar-refractivity contribution in [1.82, 2.24) is 5.32 Å². The van der Waals surface area contributed by atoms with E-state index < -0.39 is 15.4 Å². The third-order valence-electron chi connectivity index (χ3n) is 3.61. The monoisotopic (exact) mass is 313 g/mol. The number of thioether (sulfide) groups is 1. The van der Waals surface area contributed by atoms with Gasteiger partial charge in [-0.05, 0) is 44.2 Å². The highest BCUT2D eigenvalue weighted by atomic mass is 32.2. The topological polar surface area (TPSA) is 63.2 Å². The van der Waals surface area contributed by atoms with Gasteiger partial charge in [0.2, 0.25) is 0 Å². The molecule has 110 valence electrons. The summed E-state index contributed by atoms with van der Waals surface area (Å²) in [7, 11) is -3.02. The lowest BCUT2D eigenvalue weighted by atomic mass is 10.0. The molecule has 1 amide bonds. The Morgan fingerprint density at radius 1 is 1.40 bits per heavy atom. The van der Waals surface area contributed by atoms with E-state index in [4.69, 9.17) is 0 Å². The van der Waals surface area contributed by atoms with Gasteiger partial charge in [0, 0.05) is 10.5 Å². The second-order valence-electron chi connectivity index (χ2n) is 5.54. The molecule has 20 heavy (non-hydrogen) atoms. The van der Waals surface area contributed by atoms with Crippen molar-refractivity contribution in [2.45, 2.75) is 30.7 Å². The first-order chi connectivity index (χ1) is 9.25. The molecule has 1 aliphatic rings. The quantitative estimate of drug-likeness (QED) is 0.867. The average molecular weight is 313 g/mol. The molecule has 0 aromatic heterocycles. The first-order valence-electron chi connectivity index (χ1n) is 6.42. The Morgan fingerprint density at radius 3 is 2.65 bits per heavy atom. The Labute approximate surface area is 124 Å². The highest BCUT2D eigenvalue weighted by Crippen LogP contribution is 2.24. The van der Waals surface area contributed by atoms with Crippen LogP contribution in [0.1, 0.15) is 29.3 Å². The summed E-state index contributed by atoms with van der Waals surface area (Å²) in [6.07, 6.45) is 2.43. The summed E-state index contributed by atoms with van der Waals surface area (Å²) in [5.41, 5.74) is 0.852. The van der Waals surface area contributed by atoms with E-state index in [9.17, 15) is 13.2 Å². The van der Waals surface area contributed by atoms with E-state index in [1.807, 2.05) is 31.4 Å². The van der Waals surface area contributed by atoms with Gasteiger partial charge in [-0.15, -0.1) is 11.8 Å². The fourth-order valence-electron chi connectivity index (χ4n) is 2.42. The van der Waals surface area contributed by atoms with Crippen LogP contribution in [-0.4, -0.2) is 37.6 Å². The van der Waals surface area contributed by atoms with Crippen LogP contribution < -0.4 is 5.32 Å². The maximum absolute atomic E-state index is 12.4. The molecule has 1 aliphatic heterocycles. The fraction of sp³-hybridized carbons (Fsp3) is 0.500. The first kappa shape index (κ1) is 15.4. The van der Waals surface area contributed by atoms with Crippen LogP contribution in [0.15, 0.2) is 23.1 Å². The van der Waals surface area contributed by atoms with Crippen LogP contribution in [0.25, 0.3) is 0 Å². The number of hydrogen-bond donors (Lipinski definition) is 1. The number of aryl methyl sites for hydroxylation is 1. The normalized spacial score (nSPS) is 24.6. The molecule has 1 heterocycles. The van der Waals surface area contributed by atoms with Gasteiger partial charge in [0.05, 0.1) is 17.0 Å². The van der Waals surface area contributed by atoms with Crippen LogP contribution >= 0.6 is 11.8 Å². The van der Waals surface area contributed by atoms with Gasteiger partial charge in [-0.2, -0.15) is 0 Å². The lowest BCUT2D eigenvalue weighted by Gasteiger charge is -2.24. The Balaban J connectivity index is 2.21. The molecule has 0 spiro atoms. The molecule has 0 radical (unpaired) electrons. The zero-order valence-electron chi connectivity index (χ0n) is 11.9. The van der Waals surface area contributed by atoms with E-state index in [1.54, 1.807) is 18.7 Å². The van der Waals surface area contributed by atoms with Gasteiger partial charge in [0.25, 0.3) is 5.91 Å². The fourth-order valence-corrected chi connectivity index (χ4v) is 4.96. The SMILES string of the molecule is CSc1ccc(C)c(C(=O)NC2(C)CCS(=O)(=O)C2)c1. The summed E-state index contributed by atoms with van der Waals surface area (Å²) in [5.74, 6) is -0.0290. The summed E-state index contributed by atoms with van der Waals surface area (Å²) in [6, 6.07) is 5.73. The highest BCUT2D eigenvalue weighted by molar-refractivity contribution is 7.98. The molecule has 0 aliphatic carbocycles. The second kappa shape index (κ2) is 5.41. The Morgan fingerprint density at radius 2 is 2.10 bits per heavy atom. The third-order valence-corrected chi connectivity index (χ3v) is 6.24. The van der Waals surface area contributed by atoms with Gasteiger partial charge < -0.3 is 5.32 Å². The zero-order valence-corrected chi connectivity index (χ0v) is 13.5. The average Bonchev–Trinajstić information content (AvgIpc) is 2.63. The lowest BCUT2D eigenvalue weighted by molar-refractivity contribution is 0.0914. The molecule has 1 N–H and O–H groups in total. The number of benzene rings is 1. The molecule has 0 saturated carbocycles. The maximum atomic E-state index is 12.4. The van der Waals surface area contributed by atoms with Gasteiger partial charge in [-0.1, -0.05) is 6.07 Å². The minimum atomic E-state index is -3.02. The molecule has 0 bridgehead atoms. The standard InChI is InChI=1S/C14H19NO3S2/c1-10-4-5-11(19-3)8-12(10)13(16)15-14(2)6-7-20(17,18)9-14/h4-5,8H,6-7,9H2,1-3H3,(H,15,16). The van der Waals surface area contributed by atoms with Crippen molar-refractivity contribution < 1.29 is 13.2 Å². The van der Waals surface area contributed by atoms with Gasteiger partial charge in [0.15, 0.2) is 9.84 Å². The molecular formula is C14H19NO3S2. The molecule has 1 unspecified atom stereocenters. The molecular weight excluding hydrogens is 294 g/mol. The Hall–Kier alpha value is -1.01. The second-order valence-corrected chi connectivity index (χ2v) is 8.60. The molecule has 4 nitrogen and oxygen atoms in total. The third kappa shape index (κ3) is 3.35. The number of amides is 1. The zero-order chi connectivity index (χ0) is 15.0. The van der Waals surface area contributed by atoms with Crippen molar-refractivity contribution in [2.75, 3.05) is 17.8 Å². The van der Waals surface area contributed by atoms with Crippen LogP contribution in [0.4, 0.5) is 0 Å². The first-order valence-corrected chi connectivity index (χ1v) is 9.47. The summed E-state index contributed by atoms with van der Waals surface area (Å²) >= 11 is 1.57. The molecule has 1 aromatic carbocycles. The Bertz CT molecular complexity index is 640. The molecule has 6 heteroatoms. The van der Waals surface area contributed by atoms with E-state index in [1.165, 1.54) is 0 Å². The summed E-state index contributed by atoms with van der Waals surface area (Å²) in [5, 5.41) is 2.89. The number of hydrogen-bond acceptors (Lipinski definition) is 4. The predicted octanol–water partition coefficient (Wildman–Crippen LogP) is 2.02. The maximum Gasteiger partial charge on any atom is 0.252 e. The lowest BCUT2D eigenvalue weighted by Crippen LogP contribution is -2.47. The van der Waals surface area contributed by atoms with Crippen LogP contribution in [0.2, 0.25) is 0 Å². The minimum Gasteiger partial charge on any atom is -0.346 e. The van der Waals surface area contributed by atoms with E-state index in [2.05, 4.69) is 5.32 Å². The van der Waals surface area contributed by atoms with Crippen LogP contribution in [0, 0.1) is 6.92 Å². The smallest absolute Gasteiger partial charge is 0.252 e. The van der Waals surface area contributed by atoms with Crippen molar-refractivity contribution >= 4 is 27.5 Å². The van der Waals surface area contributed by atoms with Crippen molar-refractivity contribution in [3.05, 3.63) is 29.3 Å². The van der Waals surface area contributed by atoms with Crippen molar-refractivity contribution in [3.63, 3.8) is 0 Å².